The van der Waals surface area contributed by atoms with Gasteiger partial charge in [-0.3, -0.25) is 0 Å². The van der Waals surface area contributed by atoms with Gasteiger partial charge in [-0.15, -0.1) is 11.3 Å². The van der Waals surface area contributed by atoms with E-state index in [-0.39, 0.29) is 12.6 Å². The normalized spacial score (nSPS) is 13.3. The zero-order valence-electron chi connectivity index (χ0n) is 15.7. The van der Waals surface area contributed by atoms with Crippen molar-refractivity contribution in [1.29, 1.82) is 0 Å². The number of benzene rings is 1. The van der Waals surface area contributed by atoms with Gasteiger partial charge in [0.1, 0.15) is 10.8 Å². The summed E-state index contributed by atoms with van der Waals surface area (Å²) >= 11 is 0.947. The lowest BCUT2D eigenvalue weighted by Crippen LogP contribution is -2.39. The lowest BCUT2D eigenvalue weighted by molar-refractivity contribution is -0.140. The molecule has 0 bridgehead atoms. The third kappa shape index (κ3) is 6.35. The summed E-state index contributed by atoms with van der Waals surface area (Å²) < 4.78 is 43.5. The number of aliphatic imine (C=N–C) groups is 1. The molecular weight excluding hydrogens is 401 g/mol. The van der Waals surface area contributed by atoms with E-state index in [0.29, 0.717) is 23.9 Å². The smallest absolute Gasteiger partial charge is 0.434 e. The zero-order chi connectivity index (χ0) is 20.7. The first-order valence-corrected chi connectivity index (χ1v) is 9.93. The van der Waals surface area contributed by atoms with Gasteiger partial charge in [-0.1, -0.05) is 30.3 Å². The van der Waals surface area contributed by atoms with Crippen LogP contribution in [0.5, 0.6) is 0 Å². The summed E-state index contributed by atoms with van der Waals surface area (Å²) in [5.74, 6) is 1.33. The van der Waals surface area contributed by atoms with Crippen molar-refractivity contribution in [1.82, 2.24) is 15.6 Å². The molecule has 1 atom stereocenters. The van der Waals surface area contributed by atoms with Crippen molar-refractivity contribution < 1.29 is 17.6 Å². The summed E-state index contributed by atoms with van der Waals surface area (Å²) in [6, 6.07) is 13.5. The van der Waals surface area contributed by atoms with E-state index < -0.39 is 11.9 Å². The number of furan rings is 1. The average molecular weight is 422 g/mol. The van der Waals surface area contributed by atoms with Crippen molar-refractivity contribution in [2.45, 2.75) is 32.1 Å². The topological polar surface area (TPSA) is 62.5 Å². The molecule has 5 nitrogen and oxygen atoms in total. The number of nitrogens with zero attached hydrogens (tertiary/aromatic N) is 2. The molecule has 1 aromatic carbocycles. The van der Waals surface area contributed by atoms with Crippen LogP contribution in [0.4, 0.5) is 13.2 Å². The molecule has 0 amide bonds. The molecule has 0 aliphatic carbocycles. The van der Waals surface area contributed by atoms with Crippen LogP contribution in [0.15, 0.2) is 63.5 Å². The van der Waals surface area contributed by atoms with Crippen molar-refractivity contribution in [2.75, 3.05) is 6.54 Å². The first-order valence-electron chi connectivity index (χ1n) is 9.05. The Labute approximate surface area is 170 Å². The number of aromatic nitrogens is 1. The first kappa shape index (κ1) is 20.9. The predicted molar refractivity (Wildman–Crippen MR) is 107 cm³/mol. The Hall–Kier alpha value is -2.81. The quantitative estimate of drug-likeness (QED) is 0.424. The monoisotopic (exact) mass is 422 g/mol. The van der Waals surface area contributed by atoms with Crippen molar-refractivity contribution >= 4 is 17.3 Å². The van der Waals surface area contributed by atoms with Crippen LogP contribution in [0.2, 0.25) is 0 Å². The lowest BCUT2D eigenvalue weighted by atomic mass is 10.1. The lowest BCUT2D eigenvalue weighted by Gasteiger charge is -2.18. The van der Waals surface area contributed by atoms with E-state index in [0.717, 1.165) is 28.0 Å². The van der Waals surface area contributed by atoms with Crippen molar-refractivity contribution in [3.63, 3.8) is 0 Å². The van der Waals surface area contributed by atoms with E-state index in [1.54, 1.807) is 6.26 Å². The van der Waals surface area contributed by atoms with E-state index in [9.17, 15) is 13.2 Å². The number of thiazole rings is 1. The predicted octanol–water partition coefficient (Wildman–Crippen LogP) is 4.79. The van der Waals surface area contributed by atoms with E-state index in [1.165, 1.54) is 0 Å². The van der Waals surface area contributed by atoms with Crippen LogP contribution in [0, 0.1) is 0 Å². The molecule has 0 aliphatic rings. The fourth-order valence-electron chi connectivity index (χ4n) is 2.60. The summed E-state index contributed by atoms with van der Waals surface area (Å²) in [6.45, 7) is 2.61. The maximum atomic E-state index is 12.7. The molecule has 29 heavy (non-hydrogen) atoms. The maximum Gasteiger partial charge on any atom is 0.434 e. The van der Waals surface area contributed by atoms with Gasteiger partial charge in [-0.2, -0.15) is 13.2 Å². The minimum atomic E-state index is -4.44. The van der Waals surface area contributed by atoms with E-state index >= 15 is 0 Å². The van der Waals surface area contributed by atoms with E-state index in [1.807, 2.05) is 49.4 Å². The molecule has 0 spiro atoms. The van der Waals surface area contributed by atoms with Crippen molar-refractivity contribution in [2.24, 2.45) is 4.99 Å². The SMILES string of the molecule is CC(NC(=NCc1nc(C(F)(F)F)cs1)NCCc1ccco1)c1ccccc1. The molecule has 2 aromatic heterocycles. The molecule has 2 N–H and O–H groups in total. The number of rotatable bonds is 7. The second-order valence-corrected chi connectivity index (χ2v) is 7.26. The summed E-state index contributed by atoms with van der Waals surface area (Å²) in [5, 5.41) is 7.79. The maximum absolute atomic E-state index is 12.7. The fraction of sp³-hybridized carbons (Fsp3) is 0.300. The number of alkyl halides is 3. The highest BCUT2D eigenvalue weighted by Gasteiger charge is 2.33. The van der Waals surface area contributed by atoms with Gasteiger partial charge in [0.15, 0.2) is 11.7 Å². The minimum absolute atomic E-state index is 0.0342. The van der Waals surface area contributed by atoms with Crippen LogP contribution in [0.1, 0.15) is 35.0 Å². The molecule has 0 radical (unpaired) electrons. The Bertz CT molecular complexity index is 907. The van der Waals surface area contributed by atoms with Gasteiger partial charge in [0.05, 0.1) is 18.8 Å². The third-order valence-corrected chi connectivity index (χ3v) is 4.94. The van der Waals surface area contributed by atoms with Crippen molar-refractivity contribution in [3.8, 4) is 0 Å². The molecular formula is C20H21F3N4OS. The molecule has 2 heterocycles. The van der Waals surface area contributed by atoms with Crippen LogP contribution < -0.4 is 10.6 Å². The van der Waals surface area contributed by atoms with Gasteiger partial charge in [-0.05, 0) is 24.6 Å². The molecule has 154 valence electrons. The van der Waals surface area contributed by atoms with Gasteiger partial charge in [-0.25, -0.2) is 9.98 Å². The van der Waals surface area contributed by atoms with Gasteiger partial charge >= 0.3 is 6.18 Å². The number of halogens is 3. The molecule has 0 saturated carbocycles. The molecule has 0 aliphatic heterocycles. The van der Waals surface area contributed by atoms with Crippen LogP contribution in [0.3, 0.4) is 0 Å². The van der Waals surface area contributed by atoms with Crippen LogP contribution in [-0.2, 0) is 19.1 Å². The summed E-state index contributed by atoms with van der Waals surface area (Å²) in [4.78, 5) is 8.05. The number of hydrogen-bond donors (Lipinski definition) is 2. The molecule has 3 aromatic rings. The van der Waals surface area contributed by atoms with Crippen LogP contribution in [-0.4, -0.2) is 17.5 Å². The van der Waals surface area contributed by atoms with E-state index in [2.05, 4.69) is 20.6 Å². The molecule has 9 heteroatoms. The molecule has 0 fully saturated rings. The summed E-state index contributed by atoms with van der Waals surface area (Å²) in [7, 11) is 0. The molecule has 3 rings (SSSR count). The first-order chi connectivity index (χ1) is 13.9. The highest BCUT2D eigenvalue weighted by atomic mass is 32.1. The van der Waals surface area contributed by atoms with Crippen LogP contribution >= 0.6 is 11.3 Å². The summed E-state index contributed by atoms with van der Waals surface area (Å²) in [6.07, 6.45) is -2.17. The number of nitrogens with one attached hydrogen (secondary N) is 2. The molecule has 0 saturated heterocycles. The van der Waals surface area contributed by atoms with Crippen molar-refractivity contribution in [3.05, 3.63) is 76.1 Å². The highest BCUT2D eigenvalue weighted by molar-refractivity contribution is 7.09. The second kappa shape index (κ2) is 9.60. The summed E-state index contributed by atoms with van der Waals surface area (Å²) in [5.41, 5.74) is 0.187. The Balaban J connectivity index is 1.66. The van der Waals surface area contributed by atoms with Crippen LogP contribution in [0.25, 0.3) is 0 Å². The average Bonchev–Trinajstić information content (AvgIpc) is 3.38. The fourth-order valence-corrected chi connectivity index (χ4v) is 3.33. The van der Waals surface area contributed by atoms with Gasteiger partial charge in [0.2, 0.25) is 0 Å². The third-order valence-electron chi connectivity index (χ3n) is 4.11. The van der Waals surface area contributed by atoms with Gasteiger partial charge < -0.3 is 15.1 Å². The van der Waals surface area contributed by atoms with Gasteiger partial charge in [0.25, 0.3) is 0 Å². The molecule has 1 unspecified atom stereocenters. The number of guanidine groups is 1. The Kier molecular flexibility index (Phi) is 6.92. The Morgan fingerprint density at radius 3 is 2.66 bits per heavy atom. The van der Waals surface area contributed by atoms with Gasteiger partial charge in [0, 0.05) is 18.3 Å². The highest BCUT2D eigenvalue weighted by Crippen LogP contribution is 2.30. The second-order valence-electron chi connectivity index (χ2n) is 6.32. The Morgan fingerprint density at radius 1 is 1.21 bits per heavy atom. The minimum Gasteiger partial charge on any atom is -0.469 e. The standard InChI is InChI=1S/C20H21F3N4OS/c1-14(15-6-3-2-4-7-15)26-19(24-10-9-16-8-5-11-28-16)25-12-18-27-17(13-29-18)20(21,22)23/h2-8,11,13-14H,9-10,12H2,1H3,(H2,24,25,26). The Morgan fingerprint density at radius 2 is 2.00 bits per heavy atom. The van der Waals surface area contributed by atoms with E-state index in [4.69, 9.17) is 4.42 Å². The number of hydrogen-bond acceptors (Lipinski definition) is 4. The largest absolute Gasteiger partial charge is 0.469 e. The zero-order valence-corrected chi connectivity index (χ0v) is 16.6.